The van der Waals surface area contributed by atoms with Crippen molar-refractivity contribution in [2.45, 2.75) is 101 Å². The van der Waals surface area contributed by atoms with Gasteiger partial charge in [-0.15, -0.1) is 0 Å². The van der Waals surface area contributed by atoms with E-state index in [2.05, 4.69) is 21.5 Å². The molecule has 12 nitrogen and oxygen atoms in total. The van der Waals surface area contributed by atoms with Crippen LogP contribution < -0.4 is 20.9 Å². The Morgan fingerprint density at radius 3 is 1.43 bits per heavy atom. The lowest BCUT2D eigenvalue weighted by atomic mass is 9.82. The maximum atomic E-state index is 14.2. The van der Waals surface area contributed by atoms with E-state index in [1.165, 1.54) is 34.4 Å². The van der Waals surface area contributed by atoms with Gasteiger partial charge in [-0.05, 0) is 61.8 Å². The Morgan fingerprint density at radius 2 is 1.03 bits per heavy atom. The molecule has 4 heterocycles. The highest BCUT2D eigenvalue weighted by Crippen LogP contribution is 2.44. The molecule has 4 N–H and O–H groups in total. The number of hydrogen-bond acceptors (Lipinski definition) is 10. The number of carbonyl (C=O) groups is 2. The standard InChI is InChI=1S/C44H58N8O4S2/c1-55-37-19-11-9-17-31(37)35-25-49-21-23-51(39(41(49)47-35)29-13-5-3-6-14-29)43(53)33(45)27-57-58-28-34(46)44(54)52-24-22-50-26-36(32-18-10-12-20-38(32)56-2)48-42(50)40(52)30-15-7-4-8-16-30/h9-12,17-20,25-26,29-30,33-34,39-40H,3-8,13-16,21-24,27-28,45-46H2,1-2H3. The predicted octanol–water partition coefficient (Wildman–Crippen LogP) is 7.09. The lowest BCUT2D eigenvalue weighted by molar-refractivity contribution is -0.138. The van der Waals surface area contributed by atoms with Crippen LogP contribution in [-0.2, 0) is 22.7 Å². The number of methoxy groups -OCH3 is 2. The first kappa shape index (κ1) is 40.8. The van der Waals surface area contributed by atoms with Gasteiger partial charge in [0.2, 0.25) is 11.8 Å². The van der Waals surface area contributed by atoms with Crippen molar-refractivity contribution in [2.75, 3.05) is 38.8 Å². The number of para-hydroxylation sites is 2. The number of nitrogens with zero attached hydrogens (tertiary/aromatic N) is 6. The first-order valence-corrected chi connectivity index (χ1v) is 23.6. The van der Waals surface area contributed by atoms with Crippen LogP contribution in [0.2, 0.25) is 0 Å². The Hall–Kier alpha value is -3.98. The second-order valence-electron chi connectivity index (χ2n) is 16.3. The molecule has 8 rings (SSSR count). The fourth-order valence-electron chi connectivity index (χ4n) is 9.79. The number of aromatic nitrogens is 4. The third-order valence-electron chi connectivity index (χ3n) is 12.7. The van der Waals surface area contributed by atoms with E-state index in [1.54, 1.807) is 14.2 Å². The number of benzene rings is 2. The number of carbonyl (C=O) groups excluding carboxylic acids is 2. The Bertz CT molecular complexity index is 1900. The summed E-state index contributed by atoms with van der Waals surface area (Å²) in [7, 11) is 6.42. The fraction of sp³-hybridized carbons (Fsp3) is 0.545. The van der Waals surface area contributed by atoms with E-state index in [0.717, 1.165) is 97.0 Å². The van der Waals surface area contributed by atoms with Crippen LogP contribution in [0.1, 0.15) is 87.9 Å². The Morgan fingerprint density at radius 1 is 0.638 bits per heavy atom. The molecule has 14 heteroatoms. The van der Waals surface area contributed by atoms with Gasteiger partial charge in [-0.1, -0.05) is 84.4 Å². The van der Waals surface area contributed by atoms with Crippen LogP contribution in [0.3, 0.4) is 0 Å². The average Bonchev–Trinajstić information content (AvgIpc) is 3.92. The second-order valence-corrected chi connectivity index (χ2v) is 18.8. The first-order chi connectivity index (χ1) is 28.4. The molecule has 4 aromatic rings. The second kappa shape index (κ2) is 18.5. The molecule has 4 aliphatic rings. The van der Waals surface area contributed by atoms with E-state index < -0.39 is 12.1 Å². The largest absolute Gasteiger partial charge is 0.496 e. The summed E-state index contributed by atoms with van der Waals surface area (Å²) in [6.45, 7) is 2.52. The summed E-state index contributed by atoms with van der Waals surface area (Å²) in [5, 5.41) is 0. The van der Waals surface area contributed by atoms with Gasteiger partial charge >= 0.3 is 0 Å². The van der Waals surface area contributed by atoms with Gasteiger partial charge in [0.1, 0.15) is 23.1 Å². The van der Waals surface area contributed by atoms with Gasteiger partial charge in [-0.3, -0.25) is 9.59 Å². The van der Waals surface area contributed by atoms with E-state index in [9.17, 15) is 9.59 Å². The average molecular weight is 827 g/mol. The molecule has 0 radical (unpaired) electrons. The molecule has 4 unspecified atom stereocenters. The number of nitrogens with two attached hydrogens (primary N) is 2. The molecule has 4 atom stereocenters. The SMILES string of the molecule is COc1ccccc1-c1cn2c(n1)C(C1CCCCC1)N(C(=O)C(N)CSSCC(N)C(=O)N1CCn3cc(-c4ccccc4OC)nc3C1C1CCCCC1)CC2. The van der Waals surface area contributed by atoms with Gasteiger partial charge < -0.3 is 39.9 Å². The zero-order valence-corrected chi connectivity index (χ0v) is 35.5. The van der Waals surface area contributed by atoms with Gasteiger partial charge in [0.25, 0.3) is 0 Å². The van der Waals surface area contributed by atoms with Gasteiger partial charge in [-0.2, -0.15) is 0 Å². The summed E-state index contributed by atoms with van der Waals surface area (Å²) < 4.78 is 15.8. The molecule has 0 spiro atoms. The number of amides is 2. The van der Waals surface area contributed by atoms with E-state index in [0.29, 0.717) is 49.5 Å². The molecule has 2 aromatic heterocycles. The minimum atomic E-state index is -0.681. The smallest absolute Gasteiger partial charge is 0.241 e. The zero-order valence-electron chi connectivity index (χ0n) is 33.8. The van der Waals surface area contributed by atoms with Crippen molar-refractivity contribution in [1.82, 2.24) is 28.9 Å². The molecule has 0 bridgehead atoms. The van der Waals surface area contributed by atoms with E-state index >= 15 is 0 Å². The minimum absolute atomic E-state index is 0.0382. The van der Waals surface area contributed by atoms with Crippen LogP contribution in [0.5, 0.6) is 11.5 Å². The summed E-state index contributed by atoms with van der Waals surface area (Å²) >= 11 is 0. The Labute approximate surface area is 350 Å². The maximum absolute atomic E-state index is 14.2. The van der Waals surface area contributed by atoms with Crippen LogP contribution in [-0.4, -0.2) is 91.6 Å². The monoisotopic (exact) mass is 826 g/mol. The number of fused-ring (bicyclic) bond motifs is 2. The number of imidazole rings is 2. The highest BCUT2D eigenvalue weighted by atomic mass is 33.1. The van der Waals surface area contributed by atoms with Crippen LogP contribution >= 0.6 is 21.6 Å². The van der Waals surface area contributed by atoms with Crippen molar-refractivity contribution in [2.24, 2.45) is 23.3 Å². The van der Waals surface area contributed by atoms with E-state index in [4.69, 9.17) is 30.9 Å². The highest BCUT2D eigenvalue weighted by molar-refractivity contribution is 8.76. The van der Waals surface area contributed by atoms with Crippen molar-refractivity contribution in [3.8, 4) is 34.0 Å². The number of hydrogen-bond donors (Lipinski definition) is 2. The van der Waals surface area contributed by atoms with Crippen molar-refractivity contribution >= 4 is 33.4 Å². The zero-order chi connectivity index (χ0) is 40.2. The molecular weight excluding hydrogens is 769 g/mol. The topological polar surface area (TPSA) is 147 Å². The Kier molecular flexibility index (Phi) is 13.0. The van der Waals surface area contributed by atoms with Gasteiger partial charge in [0, 0.05) is 61.2 Å². The molecule has 310 valence electrons. The van der Waals surface area contributed by atoms with Gasteiger partial charge in [0.05, 0.1) is 49.8 Å². The summed E-state index contributed by atoms with van der Waals surface area (Å²) in [6.07, 6.45) is 15.6. The molecule has 2 aliphatic carbocycles. The number of rotatable bonds is 13. The van der Waals surface area contributed by atoms with E-state index in [-0.39, 0.29) is 23.9 Å². The van der Waals surface area contributed by atoms with Crippen molar-refractivity contribution in [1.29, 1.82) is 0 Å². The molecule has 2 aromatic carbocycles. The highest BCUT2D eigenvalue weighted by Gasteiger charge is 2.42. The maximum Gasteiger partial charge on any atom is 0.241 e. The summed E-state index contributed by atoms with van der Waals surface area (Å²) in [5.74, 6) is 4.89. The van der Waals surface area contributed by atoms with Crippen LogP contribution in [0.4, 0.5) is 0 Å². The first-order valence-electron chi connectivity index (χ1n) is 21.1. The summed E-state index contributed by atoms with van der Waals surface area (Å²) in [4.78, 5) is 42.8. The van der Waals surface area contributed by atoms with Crippen molar-refractivity contribution in [3.05, 3.63) is 72.6 Å². The van der Waals surface area contributed by atoms with Crippen molar-refractivity contribution < 1.29 is 19.1 Å². The molecule has 58 heavy (non-hydrogen) atoms. The third-order valence-corrected chi connectivity index (χ3v) is 15.2. The predicted molar refractivity (Wildman–Crippen MR) is 231 cm³/mol. The molecular formula is C44H58N8O4S2. The summed E-state index contributed by atoms with van der Waals surface area (Å²) in [5.41, 5.74) is 17.0. The van der Waals surface area contributed by atoms with Gasteiger partial charge in [0.15, 0.2) is 0 Å². The molecule has 2 saturated carbocycles. The Balaban J connectivity index is 0.913. The van der Waals surface area contributed by atoms with Crippen LogP contribution in [0, 0.1) is 11.8 Å². The molecule has 2 amide bonds. The molecule has 2 fully saturated rings. The number of ether oxygens (including phenoxy) is 2. The normalized spacial score (nSPS) is 21.2. The third kappa shape index (κ3) is 8.39. The van der Waals surface area contributed by atoms with Crippen LogP contribution in [0.15, 0.2) is 60.9 Å². The fourth-order valence-corrected chi connectivity index (χ4v) is 12.0. The minimum Gasteiger partial charge on any atom is -0.496 e. The molecule has 2 aliphatic heterocycles. The lowest BCUT2D eigenvalue weighted by Gasteiger charge is -2.42. The quantitative estimate of drug-likeness (QED) is 0.106. The van der Waals surface area contributed by atoms with E-state index in [1.807, 2.05) is 58.3 Å². The van der Waals surface area contributed by atoms with Crippen LogP contribution in [0.25, 0.3) is 22.5 Å². The van der Waals surface area contributed by atoms with Gasteiger partial charge in [-0.25, -0.2) is 9.97 Å². The lowest BCUT2D eigenvalue weighted by Crippen LogP contribution is -2.52. The summed E-state index contributed by atoms with van der Waals surface area (Å²) in [6, 6.07) is 14.3. The molecule has 0 saturated heterocycles. The van der Waals surface area contributed by atoms with Crippen molar-refractivity contribution in [3.63, 3.8) is 0 Å².